The Kier molecular flexibility index (Phi) is 7.40. The second kappa shape index (κ2) is 10.4. The molecule has 6 nitrogen and oxygen atoms in total. The first kappa shape index (κ1) is 21.3. The number of hydrogen-bond acceptors (Lipinski definition) is 5. The highest BCUT2D eigenvalue weighted by molar-refractivity contribution is 14.1. The molecular weight excluding hydrogens is 493 g/mol. The largest absolute Gasteiger partial charge is 0.493 e. The van der Waals surface area contributed by atoms with Crippen LogP contribution in [0.4, 0.5) is 0 Å². The predicted octanol–water partition coefficient (Wildman–Crippen LogP) is 4.51. The third-order valence-electron chi connectivity index (χ3n) is 4.15. The van der Waals surface area contributed by atoms with Crippen molar-refractivity contribution in [3.63, 3.8) is 0 Å². The van der Waals surface area contributed by atoms with Crippen molar-refractivity contribution in [1.82, 2.24) is 5.43 Å². The number of halogens is 1. The molecule has 7 heteroatoms. The molecule has 3 aromatic carbocycles. The summed E-state index contributed by atoms with van der Waals surface area (Å²) in [6.07, 6.45) is 1.54. The molecule has 0 saturated carbocycles. The second-order valence-electron chi connectivity index (χ2n) is 6.21. The van der Waals surface area contributed by atoms with Gasteiger partial charge in [-0.2, -0.15) is 10.4 Å². The van der Waals surface area contributed by atoms with Crippen molar-refractivity contribution in [2.24, 2.45) is 5.10 Å². The molecule has 0 spiro atoms. The minimum Gasteiger partial charge on any atom is -0.493 e. The van der Waals surface area contributed by atoms with E-state index in [1.165, 1.54) is 6.21 Å². The number of benzene rings is 3. The number of carbonyl (C=O) groups excluding carboxylic acids is 1. The second-order valence-corrected chi connectivity index (χ2v) is 7.46. The van der Waals surface area contributed by atoms with Gasteiger partial charge in [0.2, 0.25) is 0 Å². The fourth-order valence-electron chi connectivity index (χ4n) is 2.55. The molecule has 0 bridgehead atoms. The number of carbonyl (C=O) groups is 1. The van der Waals surface area contributed by atoms with Crippen LogP contribution in [0.1, 0.15) is 27.0 Å². The van der Waals surface area contributed by atoms with Crippen molar-refractivity contribution in [1.29, 1.82) is 5.26 Å². The number of amides is 1. The van der Waals surface area contributed by atoms with Gasteiger partial charge >= 0.3 is 0 Å². The molecule has 0 aliphatic carbocycles. The summed E-state index contributed by atoms with van der Waals surface area (Å²) in [6, 6.07) is 21.9. The van der Waals surface area contributed by atoms with E-state index in [-0.39, 0.29) is 5.91 Å². The Morgan fingerprint density at radius 3 is 2.50 bits per heavy atom. The molecule has 0 aliphatic rings. The number of nitrogens with zero attached hydrogens (tertiary/aromatic N) is 2. The van der Waals surface area contributed by atoms with Crippen molar-refractivity contribution < 1.29 is 14.3 Å². The third-order valence-corrected chi connectivity index (χ3v) is 4.87. The summed E-state index contributed by atoms with van der Waals surface area (Å²) >= 11 is 2.18. The van der Waals surface area contributed by atoms with E-state index in [9.17, 15) is 4.79 Å². The maximum atomic E-state index is 12.1. The van der Waals surface area contributed by atoms with Crippen LogP contribution in [0.15, 0.2) is 71.8 Å². The van der Waals surface area contributed by atoms with Gasteiger partial charge in [-0.25, -0.2) is 5.43 Å². The highest BCUT2D eigenvalue weighted by atomic mass is 127. The average molecular weight is 511 g/mol. The van der Waals surface area contributed by atoms with E-state index in [1.54, 1.807) is 43.5 Å². The standard InChI is InChI=1S/C23H18IN3O3/c1-29-22-12-18(14-26-27-23(28)19-7-9-20(24)10-8-19)6-11-21(22)30-15-17-4-2-16(13-25)3-5-17/h2-12,14H,15H2,1H3,(H,27,28)/b26-14-. The van der Waals surface area contributed by atoms with Crippen LogP contribution in [0, 0.1) is 14.9 Å². The quantitative estimate of drug-likeness (QED) is 0.288. The Morgan fingerprint density at radius 1 is 1.10 bits per heavy atom. The van der Waals surface area contributed by atoms with E-state index in [2.05, 4.69) is 39.2 Å². The number of ether oxygens (including phenoxy) is 2. The highest BCUT2D eigenvalue weighted by Crippen LogP contribution is 2.28. The lowest BCUT2D eigenvalue weighted by atomic mass is 10.1. The molecule has 0 atom stereocenters. The zero-order valence-corrected chi connectivity index (χ0v) is 18.3. The van der Waals surface area contributed by atoms with Gasteiger partial charge in [0.25, 0.3) is 5.91 Å². The molecule has 0 heterocycles. The number of methoxy groups -OCH3 is 1. The van der Waals surface area contributed by atoms with Gasteiger partial charge in [-0.15, -0.1) is 0 Å². The van der Waals surface area contributed by atoms with Crippen LogP contribution in [0.2, 0.25) is 0 Å². The number of rotatable bonds is 7. The fraction of sp³-hybridized carbons (Fsp3) is 0.0870. The van der Waals surface area contributed by atoms with Crippen molar-refractivity contribution in [2.45, 2.75) is 6.61 Å². The first-order chi connectivity index (χ1) is 14.6. The summed E-state index contributed by atoms with van der Waals surface area (Å²) in [7, 11) is 1.56. The molecule has 150 valence electrons. The van der Waals surface area contributed by atoms with Crippen LogP contribution in [-0.2, 0) is 6.61 Å². The maximum Gasteiger partial charge on any atom is 0.271 e. The van der Waals surface area contributed by atoms with Crippen LogP contribution in [0.5, 0.6) is 11.5 Å². The summed E-state index contributed by atoms with van der Waals surface area (Å²) in [5, 5.41) is 12.9. The van der Waals surface area contributed by atoms with Crippen LogP contribution in [-0.4, -0.2) is 19.2 Å². The lowest BCUT2D eigenvalue weighted by Crippen LogP contribution is -2.17. The van der Waals surface area contributed by atoms with Crippen LogP contribution in [0.25, 0.3) is 0 Å². The van der Waals surface area contributed by atoms with Crippen molar-refractivity contribution in [3.8, 4) is 17.6 Å². The van der Waals surface area contributed by atoms with E-state index in [0.717, 1.165) is 14.7 Å². The first-order valence-electron chi connectivity index (χ1n) is 8.98. The zero-order valence-electron chi connectivity index (χ0n) is 16.1. The minimum atomic E-state index is -0.281. The van der Waals surface area contributed by atoms with Crippen LogP contribution < -0.4 is 14.9 Å². The van der Waals surface area contributed by atoms with Gasteiger partial charge in [-0.05, 0) is 88.3 Å². The molecule has 3 aromatic rings. The number of hydrogen-bond donors (Lipinski definition) is 1. The smallest absolute Gasteiger partial charge is 0.271 e. The molecule has 1 N–H and O–H groups in total. The molecule has 0 aromatic heterocycles. The summed E-state index contributed by atoms with van der Waals surface area (Å²) in [6.45, 7) is 0.349. The first-order valence-corrected chi connectivity index (χ1v) is 10.1. The molecule has 0 saturated heterocycles. The van der Waals surface area contributed by atoms with Crippen molar-refractivity contribution in [3.05, 3.63) is 92.6 Å². The summed E-state index contributed by atoms with van der Waals surface area (Å²) in [4.78, 5) is 12.1. The Morgan fingerprint density at radius 2 is 1.83 bits per heavy atom. The van der Waals surface area contributed by atoms with Gasteiger partial charge in [0.15, 0.2) is 11.5 Å². The Labute approximate surface area is 188 Å². The van der Waals surface area contributed by atoms with Gasteiger partial charge in [0.05, 0.1) is 25.0 Å². The lowest BCUT2D eigenvalue weighted by Gasteiger charge is -2.11. The Bertz CT molecular complexity index is 1090. The predicted molar refractivity (Wildman–Crippen MR) is 123 cm³/mol. The summed E-state index contributed by atoms with van der Waals surface area (Å²) in [5.74, 6) is 0.857. The Balaban J connectivity index is 1.61. The molecular formula is C23H18IN3O3. The highest BCUT2D eigenvalue weighted by Gasteiger charge is 2.07. The minimum absolute atomic E-state index is 0.281. The third kappa shape index (κ3) is 5.81. The maximum absolute atomic E-state index is 12.1. The number of hydrazone groups is 1. The molecule has 0 fully saturated rings. The van der Waals surface area contributed by atoms with E-state index >= 15 is 0 Å². The zero-order chi connectivity index (χ0) is 21.3. The molecule has 1 amide bonds. The van der Waals surface area contributed by atoms with Gasteiger partial charge < -0.3 is 9.47 Å². The molecule has 0 radical (unpaired) electrons. The van der Waals surface area contributed by atoms with Gasteiger partial charge in [-0.3, -0.25) is 4.79 Å². The van der Waals surface area contributed by atoms with Gasteiger partial charge in [0, 0.05) is 9.13 Å². The number of nitriles is 1. The number of nitrogens with one attached hydrogen (secondary N) is 1. The van der Waals surface area contributed by atoms with Crippen LogP contribution >= 0.6 is 22.6 Å². The van der Waals surface area contributed by atoms with E-state index in [0.29, 0.717) is 29.2 Å². The molecule has 0 unspecified atom stereocenters. The monoisotopic (exact) mass is 511 g/mol. The van der Waals surface area contributed by atoms with Crippen molar-refractivity contribution in [2.75, 3.05) is 7.11 Å². The van der Waals surface area contributed by atoms with E-state index in [4.69, 9.17) is 14.7 Å². The topological polar surface area (TPSA) is 83.7 Å². The van der Waals surface area contributed by atoms with Crippen molar-refractivity contribution >= 4 is 34.7 Å². The lowest BCUT2D eigenvalue weighted by molar-refractivity contribution is 0.0955. The van der Waals surface area contributed by atoms with Gasteiger partial charge in [0.1, 0.15) is 6.61 Å². The molecule has 3 rings (SSSR count). The summed E-state index contributed by atoms with van der Waals surface area (Å²) < 4.78 is 12.3. The molecule has 30 heavy (non-hydrogen) atoms. The van der Waals surface area contributed by atoms with E-state index < -0.39 is 0 Å². The van der Waals surface area contributed by atoms with E-state index in [1.807, 2.05) is 30.3 Å². The SMILES string of the molecule is COc1cc(/C=N\NC(=O)c2ccc(I)cc2)ccc1OCc1ccc(C#N)cc1. The van der Waals surface area contributed by atoms with Gasteiger partial charge in [-0.1, -0.05) is 12.1 Å². The Hall–Kier alpha value is -3.38. The average Bonchev–Trinajstić information content (AvgIpc) is 2.78. The normalized spacial score (nSPS) is 10.4. The summed E-state index contributed by atoms with van der Waals surface area (Å²) in [5.41, 5.74) is 5.35. The van der Waals surface area contributed by atoms with Crippen LogP contribution in [0.3, 0.4) is 0 Å². The fourth-order valence-corrected chi connectivity index (χ4v) is 2.91. The molecule has 0 aliphatic heterocycles.